The Morgan fingerprint density at radius 3 is 2.50 bits per heavy atom. The maximum Gasteiger partial charge on any atom is 0.255 e. The fraction of sp³-hybridized carbons (Fsp3) is 0.562. The highest BCUT2D eigenvalue weighted by molar-refractivity contribution is 7.89. The summed E-state index contributed by atoms with van der Waals surface area (Å²) in [7, 11) is -0.842. The maximum absolute atomic E-state index is 12.6. The molecule has 1 aliphatic heterocycles. The number of carbonyl (C=O) groups excluding carboxylic acids is 1. The summed E-state index contributed by atoms with van der Waals surface area (Å²) in [6.45, 7) is 2.71. The first-order valence-corrected chi connectivity index (χ1v) is 9.55. The van der Waals surface area contributed by atoms with Crippen molar-refractivity contribution in [3.05, 3.63) is 23.8 Å². The minimum atomic E-state index is -3.90. The summed E-state index contributed by atoms with van der Waals surface area (Å²) in [5.74, 6) is -0.118. The summed E-state index contributed by atoms with van der Waals surface area (Å²) in [5.41, 5.74) is -0.00370. The number of sulfonamides is 1. The predicted molar refractivity (Wildman–Crippen MR) is 100 cm³/mol. The standard InChI is InChI=1S/C16H25N3O5S.ClH/c1-23-11-16(5-7-18-8-6-16)10-19-15(20)13-9-12(25(17,21)22)3-4-14(13)24-2;/h3-4,9,18H,5-8,10-11H2,1-2H3,(H,19,20)(H2,17,21,22);1H. The molecule has 0 saturated carbocycles. The van der Waals surface area contributed by atoms with Gasteiger partial charge in [-0.2, -0.15) is 0 Å². The molecule has 1 saturated heterocycles. The van der Waals surface area contributed by atoms with Gasteiger partial charge in [-0.3, -0.25) is 4.79 Å². The van der Waals surface area contributed by atoms with Crippen molar-refractivity contribution in [3.63, 3.8) is 0 Å². The van der Waals surface area contributed by atoms with E-state index in [1.165, 1.54) is 25.3 Å². The molecule has 0 radical (unpaired) electrons. The van der Waals surface area contributed by atoms with Gasteiger partial charge in [0.25, 0.3) is 5.91 Å². The van der Waals surface area contributed by atoms with Crippen molar-refractivity contribution in [2.24, 2.45) is 10.6 Å². The summed E-state index contributed by atoms with van der Waals surface area (Å²) in [6, 6.07) is 3.96. The van der Waals surface area contributed by atoms with Gasteiger partial charge in [0.15, 0.2) is 0 Å². The molecular formula is C16H26ClN3O5S. The molecule has 10 heteroatoms. The number of amides is 1. The number of rotatable bonds is 7. The molecule has 1 aromatic carbocycles. The lowest BCUT2D eigenvalue weighted by molar-refractivity contribution is 0.0511. The number of halogens is 1. The molecule has 0 spiro atoms. The second kappa shape index (κ2) is 9.52. The molecule has 8 nitrogen and oxygen atoms in total. The zero-order valence-corrected chi connectivity index (χ0v) is 16.5. The van der Waals surface area contributed by atoms with Crippen LogP contribution in [0.1, 0.15) is 23.2 Å². The van der Waals surface area contributed by atoms with E-state index in [1.54, 1.807) is 7.11 Å². The number of hydrogen-bond acceptors (Lipinski definition) is 6. The molecule has 1 fully saturated rings. The van der Waals surface area contributed by atoms with E-state index in [-0.39, 0.29) is 34.0 Å². The van der Waals surface area contributed by atoms with Crippen LogP contribution in [0.5, 0.6) is 5.75 Å². The van der Waals surface area contributed by atoms with Crippen LogP contribution in [0.25, 0.3) is 0 Å². The normalized spacial score (nSPS) is 16.4. The molecule has 2 rings (SSSR count). The molecule has 4 N–H and O–H groups in total. The Morgan fingerprint density at radius 1 is 1.31 bits per heavy atom. The minimum absolute atomic E-state index is 0. The van der Waals surface area contributed by atoms with E-state index in [0.29, 0.717) is 13.2 Å². The van der Waals surface area contributed by atoms with E-state index in [1.807, 2.05) is 0 Å². The third-order valence-electron chi connectivity index (χ3n) is 4.48. The molecule has 1 heterocycles. The Labute approximate surface area is 160 Å². The van der Waals surface area contributed by atoms with Crippen LogP contribution in [0, 0.1) is 5.41 Å². The molecule has 0 aliphatic carbocycles. The van der Waals surface area contributed by atoms with Gasteiger partial charge in [0.05, 0.1) is 24.2 Å². The first-order chi connectivity index (χ1) is 11.8. The van der Waals surface area contributed by atoms with E-state index in [4.69, 9.17) is 14.6 Å². The number of nitrogens with one attached hydrogen (secondary N) is 2. The smallest absolute Gasteiger partial charge is 0.255 e. The highest BCUT2D eigenvalue weighted by Gasteiger charge is 2.33. The Hall–Kier alpha value is -1.39. The highest BCUT2D eigenvalue weighted by Crippen LogP contribution is 2.29. The largest absolute Gasteiger partial charge is 0.496 e. The maximum atomic E-state index is 12.6. The van der Waals surface area contributed by atoms with Crippen LogP contribution < -0.4 is 20.5 Å². The Bertz CT molecular complexity index is 715. The van der Waals surface area contributed by atoms with Crippen LogP contribution in [-0.2, 0) is 14.8 Å². The number of nitrogens with two attached hydrogens (primary N) is 1. The van der Waals surface area contributed by atoms with E-state index in [0.717, 1.165) is 25.9 Å². The van der Waals surface area contributed by atoms with Crippen LogP contribution >= 0.6 is 12.4 Å². The van der Waals surface area contributed by atoms with Crippen molar-refractivity contribution in [2.75, 3.05) is 40.5 Å². The first kappa shape index (κ1) is 22.7. The van der Waals surface area contributed by atoms with Crippen molar-refractivity contribution in [3.8, 4) is 5.75 Å². The summed E-state index contributed by atoms with van der Waals surface area (Å²) in [6.07, 6.45) is 1.77. The number of benzene rings is 1. The summed E-state index contributed by atoms with van der Waals surface area (Å²) in [4.78, 5) is 12.5. The van der Waals surface area contributed by atoms with E-state index < -0.39 is 15.9 Å². The number of carbonyl (C=O) groups is 1. The average molecular weight is 408 g/mol. The van der Waals surface area contributed by atoms with Crippen LogP contribution in [0.2, 0.25) is 0 Å². The summed E-state index contributed by atoms with van der Waals surface area (Å²) >= 11 is 0. The third kappa shape index (κ3) is 5.55. The van der Waals surface area contributed by atoms with Gasteiger partial charge >= 0.3 is 0 Å². The van der Waals surface area contributed by atoms with E-state index in [9.17, 15) is 13.2 Å². The van der Waals surface area contributed by atoms with Gasteiger partial charge in [-0.25, -0.2) is 13.6 Å². The van der Waals surface area contributed by atoms with E-state index in [2.05, 4.69) is 10.6 Å². The number of primary sulfonamides is 1. The first-order valence-electron chi connectivity index (χ1n) is 8.00. The van der Waals surface area contributed by atoms with Gasteiger partial charge in [0.1, 0.15) is 5.75 Å². The topological polar surface area (TPSA) is 120 Å². The second-order valence-electron chi connectivity index (χ2n) is 6.27. The van der Waals surface area contributed by atoms with Gasteiger partial charge in [-0.15, -0.1) is 12.4 Å². The van der Waals surface area contributed by atoms with Crippen LogP contribution in [0.3, 0.4) is 0 Å². The lowest BCUT2D eigenvalue weighted by atomic mass is 9.79. The molecule has 1 aromatic rings. The van der Waals surface area contributed by atoms with Crippen molar-refractivity contribution >= 4 is 28.3 Å². The fourth-order valence-electron chi connectivity index (χ4n) is 3.04. The van der Waals surface area contributed by atoms with Crippen LogP contribution in [0.15, 0.2) is 23.1 Å². The van der Waals surface area contributed by atoms with Gasteiger partial charge < -0.3 is 20.1 Å². The molecule has 148 valence electrons. The quantitative estimate of drug-likeness (QED) is 0.605. The van der Waals surface area contributed by atoms with Gasteiger partial charge in [0.2, 0.25) is 10.0 Å². The minimum Gasteiger partial charge on any atom is -0.496 e. The predicted octanol–water partition coefficient (Wildman–Crippen LogP) is 0.510. The summed E-state index contributed by atoms with van der Waals surface area (Å²) in [5, 5.41) is 11.3. The lowest BCUT2D eigenvalue weighted by Gasteiger charge is -2.37. The number of ether oxygens (including phenoxy) is 2. The Kier molecular flexibility index (Phi) is 8.29. The van der Waals surface area contributed by atoms with Crippen LogP contribution in [-0.4, -0.2) is 54.8 Å². The average Bonchev–Trinajstić information content (AvgIpc) is 2.59. The molecule has 26 heavy (non-hydrogen) atoms. The fourth-order valence-corrected chi connectivity index (χ4v) is 3.58. The van der Waals surface area contributed by atoms with Crippen LogP contribution in [0.4, 0.5) is 0 Å². The Balaban J connectivity index is 0.00000338. The van der Waals surface area contributed by atoms with Crippen molar-refractivity contribution in [2.45, 2.75) is 17.7 Å². The van der Waals surface area contributed by atoms with Crippen molar-refractivity contribution in [1.29, 1.82) is 0 Å². The second-order valence-corrected chi connectivity index (χ2v) is 7.83. The summed E-state index contributed by atoms with van der Waals surface area (Å²) < 4.78 is 33.6. The Morgan fingerprint density at radius 2 is 1.96 bits per heavy atom. The monoisotopic (exact) mass is 407 g/mol. The molecule has 1 amide bonds. The zero-order valence-electron chi connectivity index (χ0n) is 14.9. The molecular weight excluding hydrogens is 382 g/mol. The van der Waals surface area contributed by atoms with Crippen molar-refractivity contribution < 1.29 is 22.7 Å². The zero-order chi connectivity index (χ0) is 18.5. The third-order valence-corrected chi connectivity index (χ3v) is 5.39. The molecule has 0 aromatic heterocycles. The molecule has 0 unspecified atom stereocenters. The number of methoxy groups -OCH3 is 2. The SMILES string of the molecule is COCC1(CNC(=O)c2cc(S(N)(=O)=O)ccc2OC)CCNCC1.Cl. The molecule has 0 atom stereocenters. The van der Waals surface area contributed by atoms with Gasteiger partial charge in [0, 0.05) is 19.1 Å². The lowest BCUT2D eigenvalue weighted by Crippen LogP contribution is -2.47. The molecule has 1 aliphatic rings. The number of hydrogen-bond donors (Lipinski definition) is 3. The van der Waals surface area contributed by atoms with E-state index >= 15 is 0 Å². The number of piperidine rings is 1. The van der Waals surface area contributed by atoms with Crippen molar-refractivity contribution in [1.82, 2.24) is 10.6 Å². The highest BCUT2D eigenvalue weighted by atomic mass is 35.5. The van der Waals surface area contributed by atoms with Gasteiger partial charge in [-0.1, -0.05) is 0 Å². The van der Waals surface area contributed by atoms with Gasteiger partial charge in [-0.05, 0) is 44.1 Å². The molecule has 0 bridgehead atoms.